The lowest BCUT2D eigenvalue weighted by Gasteiger charge is -2.13. The van der Waals surface area contributed by atoms with E-state index in [2.05, 4.69) is 24.5 Å². The zero-order chi connectivity index (χ0) is 32.5. The van der Waals surface area contributed by atoms with E-state index in [1.807, 2.05) is 24.3 Å². The van der Waals surface area contributed by atoms with Gasteiger partial charge in [-0.15, -0.1) is 0 Å². The van der Waals surface area contributed by atoms with Crippen molar-refractivity contribution in [1.82, 2.24) is 10.6 Å². The number of unbranched alkanes of at least 4 members (excludes halogenated alkanes) is 19. The van der Waals surface area contributed by atoms with Gasteiger partial charge in [-0.1, -0.05) is 148 Å². The van der Waals surface area contributed by atoms with Crippen molar-refractivity contribution in [2.75, 3.05) is 26.3 Å². The van der Waals surface area contributed by atoms with Crippen LogP contribution >= 0.6 is 0 Å². The molecule has 45 heavy (non-hydrogen) atoms. The molecule has 0 aromatic heterocycles. The van der Waals surface area contributed by atoms with Crippen LogP contribution in [0.25, 0.3) is 0 Å². The zero-order valence-electron chi connectivity index (χ0n) is 29.4. The number of benzene rings is 1. The third-order valence-corrected chi connectivity index (χ3v) is 8.42. The van der Waals surface area contributed by atoms with Gasteiger partial charge in [0.05, 0.1) is 13.2 Å². The van der Waals surface area contributed by atoms with Crippen LogP contribution in [0, 0.1) is 0 Å². The summed E-state index contributed by atoms with van der Waals surface area (Å²) in [6.07, 6.45) is 29.7. The fraction of sp³-hybridized carbons (Fsp3) is 0.795. The second-order valence-corrected chi connectivity index (χ2v) is 12.8. The molecule has 2 N–H and O–H groups in total. The van der Waals surface area contributed by atoms with Crippen molar-refractivity contribution in [3.05, 3.63) is 24.3 Å². The molecule has 0 heterocycles. The first-order valence-electron chi connectivity index (χ1n) is 19.0. The summed E-state index contributed by atoms with van der Waals surface area (Å²) in [6.45, 7) is 6.90. The van der Waals surface area contributed by atoms with E-state index in [1.54, 1.807) is 0 Å². The van der Waals surface area contributed by atoms with Crippen LogP contribution in [0.3, 0.4) is 0 Å². The molecule has 0 aliphatic carbocycles. The first-order valence-corrected chi connectivity index (χ1v) is 19.0. The first-order chi connectivity index (χ1) is 22.2. The third-order valence-electron chi connectivity index (χ3n) is 8.42. The SMILES string of the molecule is CCCCCCCCCCCCCC(=O)NCCCOc1ccccc1OCCCC(=O)NCCCCCCCCCCCC. The monoisotopic (exact) mass is 631 g/mol. The minimum atomic E-state index is 0.101. The Morgan fingerprint density at radius 3 is 1.29 bits per heavy atom. The van der Waals surface area contributed by atoms with E-state index < -0.39 is 0 Å². The van der Waals surface area contributed by atoms with Gasteiger partial charge in [0.25, 0.3) is 0 Å². The van der Waals surface area contributed by atoms with E-state index in [0.29, 0.717) is 50.5 Å². The van der Waals surface area contributed by atoms with E-state index in [9.17, 15) is 9.59 Å². The van der Waals surface area contributed by atoms with Gasteiger partial charge >= 0.3 is 0 Å². The Morgan fingerprint density at radius 2 is 0.822 bits per heavy atom. The van der Waals surface area contributed by atoms with Crippen LogP contribution < -0.4 is 20.1 Å². The summed E-state index contributed by atoms with van der Waals surface area (Å²) >= 11 is 0. The fourth-order valence-corrected chi connectivity index (χ4v) is 5.55. The summed E-state index contributed by atoms with van der Waals surface area (Å²) < 4.78 is 11.9. The Labute approximate surface area is 277 Å². The number of nitrogens with one attached hydrogen (secondary N) is 2. The molecule has 0 unspecified atom stereocenters. The van der Waals surface area contributed by atoms with E-state index in [1.165, 1.54) is 116 Å². The van der Waals surface area contributed by atoms with Gasteiger partial charge in [0.1, 0.15) is 0 Å². The molecule has 1 aromatic carbocycles. The van der Waals surface area contributed by atoms with Crippen molar-refractivity contribution >= 4 is 11.8 Å². The average molecular weight is 631 g/mol. The highest BCUT2D eigenvalue weighted by Gasteiger charge is 2.07. The normalized spacial score (nSPS) is 11.0. The van der Waals surface area contributed by atoms with Gasteiger partial charge < -0.3 is 20.1 Å². The molecular formula is C39H70N2O4. The fourth-order valence-electron chi connectivity index (χ4n) is 5.55. The molecule has 260 valence electrons. The summed E-state index contributed by atoms with van der Waals surface area (Å²) in [6, 6.07) is 7.66. The Morgan fingerprint density at radius 1 is 0.467 bits per heavy atom. The van der Waals surface area contributed by atoms with Gasteiger partial charge in [0, 0.05) is 25.9 Å². The molecule has 6 nitrogen and oxygen atoms in total. The summed E-state index contributed by atoms with van der Waals surface area (Å²) in [4.78, 5) is 24.3. The maximum atomic E-state index is 12.2. The number of hydrogen-bond donors (Lipinski definition) is 2. The predicted octanol–water partition coefficient (Wildman–Crippen LogP) is 10.5. The quantitative estimate of drug-likeness (QED) is 0.0758. The second kappa shape index (κ2) is 31.7. The summed E-state index contributed by atoms with van der Waals surface area (Å²) in [5, 5.41) is 6.07. The minimum Gasteiger partial charge on any atom is -0.490 e. The van der Waals surface area contributed by atoms with E-state index in [-0.39, 0.29) is 11.8 Å². The van der Waals surface area contributed by atoms with Gasteiger partial charge in [0.2, 0.25) is 11.8 Å². The lowest BCUT2D eigenvalue weighted by atomic mass is 10.1. The van der Waals surface area contributed by atoms with Crippen LogP contribution in [-0.4, -0.2) is 38.1 Å². The molecule has 0 fully saturated rings. The molecule has 0 atom stereocenters. The molecule has 0 saturated carbocycles. The van der Waals surface area contributed by atoms with Crippen LogP contribution in [0.4, 0.5) is 0 Å². The van der Waals surface area contributed by atoms with Crippen LogP contribution in [0.2, 0.25) is 0 Å². The molecular weight excluding hydrogens is 560 g/mol. The number of carbonyl (C=O) groups is 2. The van der Waals surface area contributed by atoms with Crippen LogP contribution in [0.5, 0.6) is 11.5 Å². The minimum absolute atomic E-state index is 0.101. The Bertz CT molecular complexity index is 816. The molecule has 2 amide bonds. The maximum absolute atomic E-state index is 12.2. The lowest BCUT2D eigenvalue weighted by Crippen LogP contribution is -2.25. The number of rotatable bonds is 33. The summed E-state index contributed by atoms with van der Waals surface area (Å²) in [5.74, 6) is 1.64. The Balaban J connectivity index is 1.99. The molecule has 0 bridgehead atoms. The Hall–Kier alpha value is -2.24. The zero-order valence-corrected chi connectivity index (χ0v) is 29.4. The second-order valence-electron chi connectivity index (χ2n) is 12.8. The predicted molar refractivity (Wildman–Crippen MR) is 190 cm³/mol. The topological polar surface area (TPSA) is 76.7 Å². The van der Waals surface area contributed by atoms with Crippen LogP contribution in [0.1, 0.15) is 174 Å². The smallest absolute Gasteiger partial charge is 0.220 e. The molecule has 0 radical (unpaired) electrons. The summed E-state index contributed by atoms with van der Waals surface area (Å²) in [5.41, 5.74) is 0. The molecule has 0 aliphatic heterocycles. The van der Waals surface area contributed by atoms with E-state index in [4.69, 9.17) is 9.47 Å². The van der Waals surface area contributed by atoms with Gasteiger partial charge in [0.15, 0.2) is 11.5 Å². The largest absolute Gasteiger partial charge is 0.490 e. The lowest BCUT2D eigenvalue weighted by molar-refractivity contribution is -0.122. The molecule has 0 aliphatic rings. The van der Waals surface area contributed by atoms with Crippen molar-refractivity contribution < 1.29 is 19.1 Å². The number of ether oxygens (including phenoxy) is 2. The van der Waals surface area contributed by atoms with Gasteiger partial charge in [-0.2, -0.15) is 0 Å². The van der Waals surface area contributed by atoms with E-state index in [0.717, 1.165) is 32.2 Å². The number of para-hydroxylation sites is 2. The number of amides is 2. The first kappa shape index (κ1) is 40.8. The highest BCUT2D eigenvalue weighted by molar-refractivity contribution is 5.76. The van der Waals surface area contributed by atoms with Crippen molar-refractivity contribution in [3.63, 3.8) is 0 Å². The van der Waals surface area contributed by atoms with Crippen LogP contribution in [-0.2, 0) is 9.59 Å². The van der Waals surface area contributed by atoms with Crippen molar-refractivity contribution in [2.45, 2.75) is 174 Å². The summed E-state index contributed by atoms with van der Waals surface area (Å²) in [7, 11) is 0. The third kappa shape index (κ3) is 26.7. The molecule has 0 spiro atoms. The van der Waals surface area contributed by atoms with Crippen molar-refractivity contribution in [2.24, 2.45) is 0 Å². The molecule has 6 heteroatoms. The Kier molecular flexibility index (Phi) is 28.8. The van der Waals surface area contributed by atoms with Gasteiger partial charge in [-0.3, -0.25) is 9.59 Å². The number of carbonyl (C=O) groups excluding carboxylic acids is 2. The van der Waals surface area contributed by atoms with Gasteiger partial charge in [-0.05, 0) is 37.8 Å². The highest BCUT2D eigenvalue weighted by Crippen LogP contribution is 2.26. The van der Waals surface area contributed by atoms with Crippen LogP contribution in [0.15, 0.2) is 24.3 Å². The number of hydrogen-bond acceptors (Lipinski definition) is 4. The standard InChI is InChI=1S/C39H70N2O4/c1-3-5-7-9-11-13-15-16-18-20-22-30-38(42)41-33-27-35-45-37-29-24-23-28-36(37)44-34-26-31-39(43)40-32-25-21-19-17-14-12-10-8-6-4-2/h23-24,28-29H,3-22,25-27,30-35H2,1-2H3,(H,40,43)(H,41,42). The van der Waals surface area contributed by atoms with Crippen molar-refractivity contribution in [1.29, 1.82) is 0 Å². The van der Waals surface area contributed by atoms with Crippen molar-refractivity contribution in [3.8, 4) is 11.5 Å². The average Bonchev–Trinajstić information content (AvgIpc) is 3.05. The molecule has 1 aromatic rings. The van der Waals surface area contributed by atoms with E-state index >= 15 is 0 Å². The highest BCUT2D eigenvalue weighted by atomic mass is 16.5. The molecule has 1 rings (SSSR count). The molecule has 0 saturated heterocycles. The van der Waals surface area contributed by atoms with Gasteiger partial charge in [-0.25, -0.2) is 0 Å². The maximum Gasteiger partial charge on any atom is 0.220 e.